The van der Waals surface area contributed by atoms with E-state index in [-0.39, 0.29) is 31.4 Å². The fourth-order valence-corrected chi connectivity index (χ4v) is 2.63. The largest absolute Gasteiger partial charge is 0.490 e. The second-order valence-corrected chi connectivity index (χ2v) is 5.96. The summed E-state index contributed by atoms with van der Waals surface area (Å²) in [4.78, 5) is 0. The van der Waals surface area contributed by atoms with Crippen molar-refractivity contribution in [2.24, 2.45) is 0 Å². The average Bonchev–Trinajstić information content (AvgIpc) is 2.67. The Morgan fingerprint density at radius 1 is 0.857 bits per heavy atom. The van der Waals surface area contributed by atoms with E-state index < -0.39 is 0 Å². The summed E-state index contributed by atoms with van der Waals surface area (Å²) < 4.78 is 11.9. The van der Waals surface area contributed by atoms with E-state index in [0.29, 0.717) is 19.8 Å². The molecule has 7 heteroatoms. The standard InChI is InChI=1S/C21H30N2O3.2ClH/c1-2-25-20-11-6-10-19(16-23-13-7-12-22-14-15-24)21(20)26-17-18-8-4-3-5-9-18;;/h3-6,8-11,22-24H,2,7,12-17H2,1H3;2*1H. The molecule has 2 aromatic rings. The van der Waals surface area contributed by atoms with Crippen LogP contribution in [0.2, 0.25) is 0 Å². The number of benzene rings is 2. The van der Waals surface area contributed by atoms with Crippen LogP contribution >= 0.6 is 24.8 Å². The van der Waals surface area contributed by atoms with Gasteiger partial charge in [0.2, 0.25) is 0 Å². The minimum Gasteiger partial charge on any atom is -0.490 e. The van der Waals surface area contributed by atoms with E-state index >= 15 is 0 Å². The number of ether oxygens (including phenoxy) is 2. The first-order chi connectivity index (χ1) is 12.8. The zero-order chi connectivity index (χ0) is 18.5. The van der Waals surface area contributed by atoms with Crippen LogP contribution < -0.4 is 20.1 Å². The Kier molecular flexibility index (Phi) is 15.6. The van der Waals surface area contributed by atoms with Gasteiger partial charge in [0, 0.05) is 18.7 Å². The van der Waals surface area contributed by atoms with Crippen LogP contribution in [0, 0.1) is 0 Å². The molecule has 3 N–H and O–H groups in total. The molecule has 0 aromatic heterocycles. The van der Waals surface area contributed by atoms with Crippen molar-refractivity contribution in [3.05, 3.63) is 59.7 Å². The molecule has 0 saturated carbocycles. The normalized spacial score (nSPS) is 9.93. The lowest BCUT2D eigenvalue weighted by Crippen LogP contribution is -2.24. The first-order valence-electron chi connectivity index (χ1n) is 9.28. The number of aliphatic hydroxyl groups is 1. The highest BCUT2D eigenvalue weighted by Gasteiger charge is 2.11. The zero-order valence-electron chi connectivity index (χ0n) is 16.4. The van der Waals surface area contributed by atoms with Crippen molar-refractivity contribution in [1.82, 2.24) is 10.6 Å². The van der Waals surface area contributed by atoms with Gasteiger partial charge in [-0.3, -0.25) is 0 Å². The van der Waals surface area contributed by atoms with E-state index in [0.717, 1.165) is 48.7 Å². The number of hydrogen-bond acceptors (Lipinski definition) is 5. The van der Waals surface area contributed by atoms with Gasteiger partial charge in [0.15, 0.2) is 11.5 Å². The van der Waals surface area contributed by atoms with E-state index in [1.54, 1.807) is 0 Å². The van der Waals surface area contributed by atoms with Gasteiger partial charge in [-0.15, -0.1) is 24.8 Å². The number of para-hydroxylation sites is 1. The lowest BCUT2D eigenvalue weighted by molar-refractivity contribution is 0.266. The highest BCUT2D eigenvalue weighted by atomic mass is 35.5. The van der Waals surface area contributed by atoms with E-state index in [1.807, 2.05) is 37.3 Å². The summed E-state index contributed by atoms with van der Waals surface area (Å²) in [6.07, 6.45) is 1.01. The van der Waals surface area contributed by atoms with E-state index in [2.05, 4.69) is 28.8 Å². The molecule has 0 fully saturated rings. The summed E-state index contributed by atoms with van der Waals surface area (Å²) in [5, 5.41) is 15.4. The second-order valence-electron chi connectivity index (χ2n) is 5.96. The first kappa shape index (κ1) is 26.5. The Labute approximate surface area is 180 Å². The summed E-state index contributed by atoms with van der Waals surface area (Å²) >= 11 is 0. The summed E-state index contributed by atoms with van der Waals surface area (Å²) in [5.41, 5.74) is 2.22. The van der Waals surface area contributed by atoms with E-state index in [4.69, 9.17) is 14.6 Å². The lowest BCUT2D eigenvalue weighted by atomic mass is 10.1. The number of aliphatic hydroxyl groups excluding tert-OH is 1. The van der Waals surface area contributed by atoms with Crippen LogP contribution in [0.3, 0.4) is 0 Å². The van der Waals surface area contributed by atoms with Gasteiger partial charge in [0.25, 0.3) is 0 Å². The number of hydrogen-bond donors (Lipinski definition) is 3. The maximum Gasteiger partial charge on any atom is 0.166 e. The predicted molar refractivity (Wildman–Crippen MR) is 119 cm³/mol. The molecule has 0 unspecified atom stereocenters. The summed E-state index contributed by atoms with van der Waals surface area (Å²) in [5.74, 6) is 1.59. The van der Waals surface area contributed by atoms with Crippen molar-refractivity contribution in [2.75, 3.05) is 32.8 Å². The fraction of sp³-hybridized carbons (Fsp3) is 0.429. The Hall–Kier alpha value is -1.50. The SMILES string of the molecule is CCOc1cccc(CNCCCNCCO)c1OCc1ccccc1.Cl.Cl. The Morgan fingerprint density at radius 2 is 1.61 bits per heavy atom. The summed E-state index contributed by atoms with van der Waals surface area (Å²) in [6, 6.07) is 16.2. The minimum atomic E-state index is 0. The molecule has 28 heavy (non-hydrogen) atoms. The second kappa shape index (κ2) is 16.5. The third kappa shape index (κ3) is 9.62. The van der Waals surface area contributed by atoms with Crippen molar-refractivity contribution in [2.45, 2.75) is 26.5 Å². The fourth-order valence-electron chi connectivity index (χ4n) is 2.63. The van der Waals surface area contributed by atoms with Crippen molar-refractivity contribution in [3.8, 4) is 11.5 Å². The van der Waals surface area contributed by atoms with E-state index in [1.165, 1.54) is 0 Å². The molecule has 0 atom stereocenters. The van der Waals surface area contributed by atoms with Gasteiger partial charge in [-0.25, -0.2) is 0 Å². The van der Waals surface area contributed by atoms with Gasteiger partial charge >= 0.3 is 0 Å². The quantitative estimate of drug-likeness (QED) is 0.424. The number of halogens is 2. The van der Waals surface area contributed by atoms with Crippen LogP contribution in [0.25, 0.3) is 0 Å². The molecule has 0 aliphatic rings. The molecule has 0 amide bonds. The molecule has 0 aliphatic carbocycles. The third-order valence-corrected chi connectivity index (χ3v) is 3.90. The highest BCUT2D eigenvalue weighted by Crippen LogP contribution is 2.32. The Morgan fingerprint density at radius 3 is 2.32 bits per heavy atom. The molecule has 0 radical (unpaired) electrons. The zero-order valence-corrected chi connectivity index (χ0v) is 18.0. The molecular weight excluding hydrogens is 399 g/mol. The van der Waals surface area contributed by atoms with Crippen LogP contribution in [-0.2, 0) is 13.2 Å². The van der Waals surface area contributed by atoms with Crippen molar-refractivity contribution in [1.29, 1.82) is 0 Å². The molecular formula is C21H32Cl2N2O3. The smallest absolute Gasteiger partial charge is 0.166 e. The topological polar surface area (TPSA) is 62.8 Å². The maximum atomic E-state index is 8.75. The van der Waals surface area contributed by atoms with Crippen LogP contribution in [0.4, 0.5) is 0 Å². The summed E-state index contributed by atoms with van der Waals surface area (Å²) in [6.45, 7) is 6.45. The lowest BCUT2D eigenvalue weighted by Gasteiger charge is -2.16. The Bertz CT molecular complexity index is 630. The molecule has 158 valence electrons. The third-order valence-electron chi connectivity index (χ3n) is 3.90. The first-order valence-corrected chi connectivity index (χ1v) is 9.28. The van der Waals surface area contributed by atoms with Crippen molar-refractivity contribution < 1.29 is 14.6 Å². The van der Waals surface area contributed by atoms with Gasteiger partial charge in [0.05, 0.1) is 13.2 Å². The number of nitrogens with one attached hydrogen (secondary N) is 2. The monoisotopic (exact) mass is 430 g/mol. The van der Waals surface area contributed by atoms with Crippen LogP contribution in [0.15, 0.2) is 48.5 Å². The van der Waals surface area contributed by atoms with Crippen molar-refractivity contribution >= 4 is 24.8 Å². The van der Waals surface area contributed by atoms with Crippen molar-refractivity contribution in [3.63, 3.8) is 0 Å². The van der Waals surface area contributed by atoms with Gasteiger partial charge in [-0.05, 0) is 38.1 Å². The van der Waals surface area contributed by atoms with Crippen LogP contribution in [0.5, 0.6) is 11.5 Å². The molecule has 2 aromatic carbocycles. The predicted octanol–water partition coefficient (Wildman–Crippen LogP) is 3.57. The number of rotatable bonds is 13. The Balaban J connectivity index is 0.00000364. The molecule has 2 rings (SSSR count). The summed E-state index contributed by atoms with van der Waals surface area (Å²) in [7, 11) is 0. The maximum absolute atomic E-state index is 8.75. The average molecular weight is 431 g/mol. The van der Waals surface area contributed by atoms with Gasteiger partial charge in [-0.1, -0.05) is 42.5 Å². The molecule has 5 nitrogen and oxygen atoms in total. The van der Waals surface area contributed by atoms with Gasteiger partial charge in [-0.2, -0.15) is 0 Å². The molecule has 0 heterocycles. The van der Waals surface area contributed by atoms with Crippen LogP contribution in [-0.4, -0.2) is 38.0 Å². The van der Waals surface area contributed by atoms with Gasteiger partial charge in [0.1, 0.15) is 6.61 Å². The molecule has 0 bridgehead atoms. The van der Waals surface area contributed by atoms with Crippen LogP contribution in [0.1, 0.15) is 24.5 Å². The molecule has 0 aliphatic heterocycles. The molecule has 0 spiro atoms. The minimum absolute atomic E-state index is 0. The highest BCUT2D eigenvalue weighted by molar-refractivity contribution is 5.85. The van der Waals surface area contributed by atoms with E-state index in [9.17, 15) is 0 Å². The van der Waals surface area contributed by atoms with Gasteiger partial charge < -0.3 is 25.2 Å². The molecule has 0 saturated heterocycles.